The molecule has 2 saturated carbocycles. The van der Waals surface area contributed by atoms with Crippen molar-refractivity contribution < 1.29 is 0 Å². The Labute approximate surface area is 124 Å². The second kappa shape index (κ2) is 5.56. The molecular weight excluding hydrogens is 262 g/mol. The molecule has 0 saturated heterocycles. The summed E-state index contributed by atoms with van der Waals surface area (Å²) in [4.78, 5) is 1.70. The maximum Gasteiger partial charge on any atom is 0.204 e. The summed E-state index contributed by atoms with van der Waals surface area (Å²) in [7, 11) is 0. The first-order valence-electron chi connectivity index (χ1n) is 7.97. The molecule has 5 nitrogen and oxygen atoms in total. The fraction of sp³-hybridized carbons (Fsp3) is 0.562. The summed E-state index contributed by atoms with van der Waals surface area (Å²) in [5, 5.41) is 16.4. The van der Waals surface area contributed by atoms with Crippen LogP contribution in [0.25, 0.3) is 11.4 Å². The van der Waals surface area contributed by atoms with Crippen LogP contribution in [-0.4, -0.2) is 32.8 Å². The molecule has 1 aromatic heterocycles. The van der Waals surface area contributed by atoms with E-state index in [0.717, 1.165) is 36.5 Å². The van der Waals surface area contributed by atoms with Gasteiger partial charge in [0, 0.05) is 18.2 Å². The largest absolute Gasteiger partial charge is 0.312 e. The molecule has 2 aromatic rings. The van der Waals surface area contributed by atoms with Crippen molar-refractivity contribution in [3.63, 3.8) is 0 Å². The van der Waals surface area contributed by atoms with Crippen LogP contribution in [0.2, 0.25) is 0 Å². The van der Waals surface area contributed by atoms with E-state index in [4.69, 9.17) is 0 Å². The van der Waals surface area contributed by atoms with Gasteiger partial charge in [0.25, 0.3) is 0 Å². The Morgan fingerprint density at radius 1 is 1.10 bits per heavy atom. The van der Waals surface area contributed by atoms with Crippen LogP contribution in [0.3, 0.4) is 0 Å². The number of benzene rings is 1. The number of tetrazole rings is 1. The molecule has 2 aliphatic rings. The smallest absolute Gasteiger partial charge is 0.204 e. The highest BCUT2D eigenvalue weighted by Crippen LogP contribution is 2.44. The summed E-state index contributed by atoms with van der Waals surface area (Å²) in [6.07, 6.45) is 5.64. The predicted octanol–water partition coefficient (Wildman–Crippen LogP) is 2.12. The quantitative estimate of drug-likeness (QED) is 0.845. The van der Waals surface area contributed by atoms with Crippen LogP contribution < -0.4 is 5.32 Å². The molecule has 1 aromatic carbocycles. The van der Waals surface area contributed by atoms with E-state index in [1.165, 1.54) is 25.7 Å². The van der Waals surface area contributed by atoms with Gasteiger partial charge in [-0.1, -0.05) is 30.3 Å². The van der Waals surface area contributed by atoms with E-state index in [1.54, 1.807) is 4.80 Å². The van der Waals surface area contributed by atoms with E-state index in [9.17, 15) is 0 Å². The van der Waals surface area contributed by atoms with E-state index >= 15 is 0 Å². The zero-order chi connectivity index (χ0) is 14.1. The third kappa shape index (κ3) is 3.13. The lowest BCUT2D eigenvalue weighted by atomic mass is 10.1. The molecule has 0 unspecified atom stereocenters. The lowest BCUT2D eigenvalue weighted by Crippen LogP contribution is -2.35. The summed E-state index contributed by atoms with van der Waals surface area (Å²) >= 11 is 0. The van der Waals surface area contributed by atoms with Crippen molar-refractivity contribution in [2.24, 2.45) is 11.8 Å². The van der Waals surface area contributed by atoms with Gasteiger partial charge in [0.2, 0.25) is 5.82 Å². The van der Waals surface area contributed by atoms with Crippen molar-refractivity contribution in [3.8, 4) is 11.4 Å². The minimum absolute atomic E-state index is 0.705. The van der Waals surface area contributed by atoms with Crippen molar-refractivity contribution in [1.29, 1.82) is 0 Å². The van der Waals surface area contributed by atoms with Gasteiger partial charge >= 0.3 is 0 Å². The fourth-order valence-electron chi connectivity index (χ4n) is 3.00. The highest BCUT2D eigenvalue weighted by atomic mass is 15.6. The van der Waals surface area contributed by atoms with Crippen molar-refractivity contribution in [3.05, 3.63) is 30.3 Å². The standard InChI is InChI=1S/C16H21N5/c1-2-4-14(5-3-1)16-18-20-21(19-16)11-10-17-15(12-6-7-12)13-8-9-13/h1-5,12-13,15,17H,6-11H2. The van der Waals surface area contributed by atoms with Crippen LogP contribution in [0.4, 0.5) is 0 Å². The molecule has 0 amide bonds. The molecule has 1 N–H and O–H groups in total. The maximum atomic E-state index is 4.45. The van der Waals surface area contributed by atoms with Gasteiger partial charge in [-0.3, -0.25) is 0 Å². The topological polar surface area (TPSA) is 55.6 Å². The van der Waals surface area contributed by atoms with Gasteiger partial charge in [-0.25, -0.2) is 0 Å². The normalized spacial score (nSPS) is 18.3. The molecule has 2 aliphatic carbocycles. The maximum absolute atomic E-state index is 4.45. The number of rotatable bonds is 7. The van der Waals surface area contributed by atoms with Crippen molar-refractivity contribution in [2.75, 3.05) is 6.54 Å². The highest BCUT2D eigenvalue weighted by Gasteiger charge is 2.40. The molecule has 4 rings (SSSR count). The Morgan fingerprint density at radius 2 is 1.81 bits per heavy atom. The van der Waals surface area contributed by atoms with Crippen molar-refractivity contribution in [2.45, 2.75) is 38.3 Å². The van der Waals surface area contributed by atoms with Gasteiger partial charge in [0.05, 0.1) is 6.54 Å². The number of nitrogens with one attached hydrogen (secondary N) is 1. The Hall–Kier alpha value is -1.75. The van der Waals surface area contributed by atoms with Gasteiger partial charge in [-0.2, -0.15) is 4.80 Å². The van der Waals surface area contributed by atoms with Gasteiger partial charge in [-0.15, -0.1) is 10.2 Å². The average molecular weight is 283 g/mol. The number of aromatic nitrogens is 4. The molecule has 0 aliphatic heterocycles. The molecule has 5 heteroatoms. The van der Waals surface area contributed by atoms with Crippen LogP contribution in [-0.2, 0) is 6.54 Å². The van der Waals surface area contributed by atoms with Gasteiger partial charge in [0.1, 0.15) is 0 Å². The monoisotopic (exact) mass is 283 g/mol. The lowest BCUT2D eigenvalue weighted by Gasteiger charge is -2.16. The van der Waals surface area contributed by atoms with Crippen molar-refractivity contribution in [1.82, 2.24) is 25.5 Å². The summed E-state index contributed by atoms with van der Waals surface area (Å²) < 4.78 is 0. The molecule has 0 radical (unpaired) electrons. The van der Waals surface area contributed by atoms with E-state index in [1.807, 2.05) is 30.3 Å². The lowest BCUT2D eigenvalue weighted by molar-refractivity contribution is 0.389. The first kappa shape index (κ1) is 13.0. The average Bonchev–Trinajstić information content (AvgIpc) is 3.45. The molecule has 0 bridgehead atoms. The van der Waals surface area contributed by atoms with E-state index in [2.05, 4.69) is 20.7 Å². The van der Waals surface area contributed by atoms with Crippen LogP contribution in [0.5, 0.6) is 0 Å². The van der Waals surface area contributed by atoms with Gasteiger partial charge < -0.3 is 5.32 Å². The minimum Gasteiger partial charge on any atom is -0.312 e. The molecule has 0 atom stereocenters. The Bertz CT molecular complexity index is 574. The number of hydrogen-bond acceptors (Lipinski definition) is 4. The summed E-state index contributed by atoms with van der Waals surface area (Å²) in [5.41, 5.74) is 1.02. The van der Waals surface area contributed by atoms with Crippen LogP contribution >= 0.6 is 0 Å². The Morgan fingerprint density at radius 3 is 2.48 bits per heavy atom. The fourth-order valence-corrected chi connectivity index (χ4v) is 3.00. The first-order chi connectivity index (χ1) is 10.4. The zero-order valence-corrected chi connectivity index (χ0v) is 12.2. The van der Waals surface area contributed by atoms with E-state index in [-0.39, 0.29) is 0 Å². The van der Waals surface area contributed by atoms with Crippen LogP contribution in [0.1, 0.15) is 25.7 Å². The zero-order valence-electron chi connectivity index (χ0n) is 12.2. The third-order valence-corrected chi connectivity index (χ3v) is 4.44. The second-order valence-electron chi connectivity index (χ2n) is 6.23. The van der Waals surface area contributed by atoms with Gasteiger partial charge in [-0.05, 0) is 42.7 Å². The molecular formula is C16H21N5. The first-order valence-corrected chi connectivity index (χ1v) is 7.97. The van der Waals surface area contributed by atoms with Crippen molar-refractivity contribution >= 4 is 0 Å². The number of nitrogens with zero attached hydrogens (tertiary/aromatic N) is 4. The second-order valence-corrected chi connectivity index (χ2v) is 6.23. The van der Waals surface area contributed by atoms with Crippen LogP contribution in [0.15, 0.2) is 30.3 Å². The number of hydrogen-bond donors (Lipinski definition) is 1. The summed E-state index contributed by atoms with van der Waals surface area (Å²) in [6.45, 7) is 1.72. The Balaban J connectivity index is 1.32. The molecule has 0 spiro atoms. The van der Waals surface area contributed by atoms with Gasteiger partial charge in [0.15, 0.2) is 0 Å². The predicted molar refractivity (Wildman–Crippen MR) is 80.5 cm³/mol. The third-order valence-electron chi connectivity index (χ3n) is 4.44. The molecule has 2 fully saturated rings. The summed E-state index contributed by atoms with van der Waals surface area (Å²) in [6, 6.07) is 10.7. The Kier molecular flexibility index (Phi) is 3.43. The summed E-state index contributed by atoms with van der Waals surface area (Å²) in [5.74, 6) is 2.57. The van der Waals surface area contributed by atoms with Crippen LogP contribution in [0, 0.1) is 11.8 Å². The minimum atomic E-state index is 0.705. The highest BCUT2D eigenvalue weighted by molar-refractivity contribution is 5.52. The van der Waals surface area contributed by atoms with E-state index in [0.29, 0.717) is 5.82 Å². The molecule has 1 heterocycles. The molecule has 21 heavy (non-hydrogen) atoms. The SMILES string of the molecule is c1ccc(-c2nnn(CCNC(C3CC3)C3CC3)n2)cc1. The molecule has 110 valence electrons. The van der Waals surface area contributed by atoms with E-state index < -0.39 is 0 Å².